The number of halogens is 1. The Morgan fingerprint density at radius 2 is 2.21 bits per heavy atom. The van der Waals surface area contributed by atoms with Gasteiger partial charge in [-0.1, -0.05) is 23.5 Å². The largest absolute Gasteiger partial charge is 0.310 e. The molecule has 122 valence electrons. The molecule has 8 nitrogen and oxygen atoms in total. The van der Waals surface area contributed by atoms with E-state index in [4.69, 9.17) is 0 Å². The maximum atomic E-state index is 12.4. The third-order valence-corrected chi connectivity index (χ3v) is 5.25. The number of rotatable bonds is 3. The van der Waals surface area contributed by atoms with Crippen LogP contribution in [0.25, 0.3) is 4.96 Å². The molecular weight excluding hydrogens is 396 g/mol. The van der Waals surface area contributed by atoms with Crippen LogP contribution in [0.5, 0.6) is 0 Å². The summed E-state index contributed by atoms with van der Waals surface area (Å²) in [6.07, 6.45) is 1.65. The highest BCUT2D eigenvalue weighted by atomic mass is 79.9. The van der Waals surface area contributed by atoms with Gasteiger partial charge in [0.05, 0.1) is 11.6 Å². The van der Waals surface area contributed by atoms with Gasteiger partial charge in [-0.05, 0) is 28.1 Å². The molecule has 1 atom stereocenters. The Bertz CT molecular complexity index is 910. The van der Waals surface area contributed by atoms with Crippen molar-refractivity contribution in [3.05, 3.63) is 35.1 Å². The van der Waals surface area contributed by atoms with Crippen LogP contribution in [-0.2, 0) is 9.59 Å². The fraction of sp³-hybridized carbons (Fsp3) is 0.214. The molecular formula is C14H11BrN6O2S. The summed E-state index contributed by atoms with van der Waals surface area (Å²) in [6, 6.07) is 7.46. The molecule has 1 aromatic carbocycles. The van der Waals surface area contributed by atoms with E-state index in [1.807, 2.05) is 24.3 Å². The molecule has 2 aromatic heterocycles. The third kappa shape index (κ3) is 2.67. The summed E-state index contributed by atoms with van der Waals surface area (Å²) in [5.41, 5.74) is 0.775. The van der Waals surface area contributed by atoms with E-state index in [0.29, 0.717) is 16.6 Å². The lowest BCUT2D eigenvalue weighted by atomic mass is 10.1. The van der Waals surface area contributed by atoms with Gasteiger partial charge in [0.2, 0.25) is 21.9 Å². The van der Waals surface area contributed by atoms with Gasteiger partial charge < -0.3 is 10.2 Å². The van der Waals surface area contributed by atoms with Crippen molar-refractivity contribution in [3.8, 4) is 0 Å². The van der Waals surface area contributed by atoms with Crippen molar-refractivity contribution in [2.75, 3.05) is 16.8 Å². The number of benzene rings is 1. The maximum absolute atomic E-state index is 12.4. The second kappa shape index (κ2) is 5.95. The van der Waals surface area contributed by atoms with Gasteiger partial charge in [0.25, 0.3) is 0 Å². The van der Waals surface area contributed by atoms with Gasteiger partial charge in [0.15, 0.2) is 0 Å². The minimum atomic E-state index is -0.418. The van der Waals surface area contributed by atoms with Crippen molar-refractivity contribution in [2.24, 2.45) is 5.92 Å². The normalized spacial score (nSPS) is 17.6. The van der Waals surface area contributed by atoms with Crippen molar-refractivity contribution < 1.29 is 9.59 Å². The predicted octanol–water partition coefficient (Wildman–Crippen LogP) is 1.94. The number of carbonyl (C=O) groups excluding carboxylic acids is 2. The van der Waals surface area contributed by atoms with E-state index >= 15 is 0 Å². The maximum Gasteiger partial charge on any atom is 0.236 e. The van der Waals surface area contributed by atoms with Gasteiger partial charge in [-0.3, -0.25) is 9.59 Å². The molecule has 3 aromatic rings. The summed E-state index contributed by atoms with van der Waals surface area (Å²) < 4.78 is 2.32. The SMILES string of the molecule is O=C(Nc1nn2cnnc2s1)[C@@H]1CC(=O)N(c2ccccc2Br)C1. The Labute approximate surface area is 148 Å². The summed E-state index contributed by atoms with van der Waals surface area (Å²) in [7, 11) is 0. The lowest BCUT2D eigenvalue weighted by Gasteiger charge is -2.18. The van der Waals surface area contributed by atoms with E-state index < -0.39 is 5.92 Å². The standard InChI is InChI=1S/C14H11BrN6O2S/c15-9-3-1-2-4-10(9)20-6-8(5-11(20)22)12(23)17-13-19-21-7-16-18-14(21)24-13/h1-4,7-8H,5-6H2,(H,17,19,23)/t8-/m1/s1. The van der Waals surface area contributed by atoms with E-state index in [0.717, 1.165) is 10.2 Å². The van der Waals surface area contributed by atoms with E-state index in [-0.39, 0.29) is 18.2 Å². The van der Waals surface area contributed by atoms with Crippen LogP contribution < -0.4 is 10.2 Å². The molecule has 0 aliphatic carbocycles. The Balaban J connectivity index is 1.49. The Kier molecular flexibility index (Phi) is 3.77. The zero-order chi connectivity index (χ0) is 16.7. The molecule has 0 radical (unpaired) electrons. The summed E-state index contributed by atoms with van der Waals surface area (Å²) in [5.74, 6) is -0.706. The number of para-hydroxylation sites is 1. The second-order valence-corrected chi connectivity index (χ2v) is 7.12. The molecule has 1 saturated heterocycles. The molecule has 2 amide bonds. The van der Waals surface area contributed by atoms with Crippen LogP contribution in [-0.4, -0.2) is 38.2 Å². The number of aromatic nitrogens is 4. The molecule has 0 saturated carbocycles. The summed E-state index contributed by atoms with van der Waals surface area (Å²) in [5, 5.41) is 14.9. The topological polar surface area (TPSA) is 92.5 Å². The average Bonchev–Trinajstić information content (AvgIpc) is 3.22. The molecule has 0 bridgehead atoms. The zero-order valence-electron chi connectivity index (χ0n) is 12.2. The van der Waals surface area contributed by atoms with Crippen LogP contribution in [0.3, 0.4) is 0 Å². The van der Waals surface area contributed by atoms with Crippen LogP contribution in [0.1, 0.15) is 6.42 Å². The lowest BCUT2D eigenvalue weighted by Crippen LogP contribution is -2.28. The first-order chi connectivity index (χ1) is 11.6. The Hall–Kier alpha value is -2.33. The van der Waals surface area contributed by atoms with E-state index in [9.17, 15) is 9.59 Å². The number of nitrogens with one attached hydrogen (secondary N) is 1. The van der Waals surface area contributed by atoms with Crippen molar-refractivity contribution in [2.45, 2.75) is 6.42 Å². The minimum absolute atomic E-state index is 0.0693. The van der Waals surface area contributed by atoms with Crippen LogP contribution in [0.15, 0.2) is 35.1 Å². The number of amides is 2. The molecule has 0 spiro atoms. The summed E-state index contributed by atoms with van der Waals surface area (Å²) >= 11 is 4.67. The van der Waals surface area contributed by atoms with Crippen LogP contribution >= 0.6 is 27.3 Å². The van der Waals surface area contributed by atoms with Gasteiger partial charge >= 0.3 is 0 Å². The summed E-state index contributed by atoms with van der Waals surface area (Å²) in [6.45, 7) is 0.345. The van der Waals surface area contributed by atoms with Gasteiger partial charge in [0, 0.05) is 17.4 Å². The molecule has 4 rings (SSSR count). The smallest absolute Gasteiger partial charge is 0.236 e. The van der Waals surface area contributed by atoms with Gasteiger partial charge in [-0.2, -0.15) is 4.52 Å². The number of hydrogen-bond acceptors (Lipinski definition) is 6. The molecule has 10 heteroatoms. The van der Waals surface area contributed by atoms with E-state index in [2.05, 4.69) is 36.5 Å². The number of fused-ring (bicyclic) bond motifs is 1. The first-order valence-corrected chi connectivity index (χ1v) is 8.75. The van der Waals surface area contributed by atoms with Gasteiger partial charge in [-0.25, -0.2) is 0 Å². The fourth-order valence-electron chi connectivity index (χ4n) is 2.60. The first-order valence-electron chi connectivity index (χ1n) is 7.14. The van der Waals surface area contributed by atoms with Gasteiger partial charge in [-0.15, -0.1) is 15.3 Å². The van der Waals surface area contributed by atoms with Crippen molar-refractivity contribution in [3.63, 3.8) is 0 Å². The highest BCUT2D eigenvalue weighted by molar-refractivity contribution is 9.10. The average molecular weight is 407 g/mol. The number of hydrogen-bond donors (Lipinski definition) is 1. The number of carbonyl (C=O) groups is 2. The highest BCUT2D eigenvalue weighted by Crippen LogP contribution is 2.31. The summed E-state index contributed by atoms with van der Waals surface area (Å²) in [4.78, 5) is 27.0. The van der Waals surface area contributed by atoms with Crippen LogP contribution in [0.4, 0.5) is 10.8 Å². The highest BCUT2D eigenvalue weighted by Gasteiger charge is 2.36. The molecule has 1 fully saturated rings. The number of nitrogens with zero attached hydrogens (tertiary/aromatic N) is 5. The number of anilines is 2. The fourth-order valence-corrected chi connectivity index (χ4v) is 3.83. The van der Waals surface area contributed by atoms with E-state index in [1.165, 1.54) is 22.2 Å². The third-order valence-electron chi connectivity index (χ3n) is 3.76. The minimum Gasteiger partial charge on any atom is -0.310 e. The Morgan fingerprint density at radius 1 is 1.38 bits per heavy atom. The molecule has 1 aliphatic heterocycles. The van der Waals surface area contributed by atoms with Gasteiger partial charge in [0.1, 0.15) is 6.33 Å². The molecule has 3 heterocycles. The molecule has 24 heavy (non-hydrogen) atoms. The predicted molar refractivity (Wildman–Crippen MR) is 91.9 cm³/mol. The Morgan fingerprint density at radius 3 is 3.00 bits per heavy atom. The second-order valence-electron chi connectivity index (χ2n) is 5.31. The molecule has 1 aliphatic rings. The first kappa shape index (κ1) is 15.2. The lowest BCUT2D eigenvalue weighted by molar-refractivity contribution is -0.122. The van der Waals surface area contributed by atoms with Crippen molar-refractivity contribution in [1.82, 2.24) is 19.8 Å². The molecule has 1 N–H and O–H groups in total. The monoisotopic (exact) mass is 406 g/mol. The van der Waals surface area contributed by atoms with Crippen LogP contribution in [0.2, 0.25) is 0 Å². The quantitative estimate of drug-likeness (QED) is 0.717. The van der Waals surface area contributed by atoms with E-state index in [1.54, 1.807) is 4.90 Å². The van der Waals surface area contributed by atoms with Crippen molar-refractivity contribution >= 4 is 54.9 Å². The van der Waals surface area contributed by atoms with Crippen molar-refractivity contribution in [1.29, 1.82) is 0 Å². The zero-order valence-corrected chi connectivity index (χ0v) is 14.6. The van der Waals surface area contributed by atoms with Crippen LogP contribution in [0, 0.1) is 5.92 Å². The molecule has 0 unspecified atom stereocenters.